The lowest BCUT2D eigenvalue weighted by Gasteiger charge is -2.08. The van der Waals surface area contributed by atoms with Crippen LogP contribution in [0.5, 0.6) is 0 Å². The number of carbonyl (C=O) groups is 1. The predicted molar refractivity (Wildman–Crippen MR) is 54.9 cm³/mol. The van der Waals surface area contributed by atoms with Crippen molar-refractivity contribution in [1.82, 2.24) is 5.32 Å². The van der Waals surface area contributed by atoms with Crippen LogP contribution in [0.1, 0.15) is 12.8 Å². The molecule has 4 nitrogen and oxygen atoms in total. The average molecular weight is 196 g/mol. The van der Waals surface area contributed by atoms with E-state index in [9.17, 15) is 4.79 Å². The third-order valence-corrected chi connectivity index (χ3v) is 1.89. The fourth-order valence-corrected chi connectivity index (χ4v) is 1.21. The Balaban J connectivity index is 2.01. The van der Waals surface area contributed by atoms with E-state index in [-0.39, 0.29) is 0 Å². The lowest BCUT2D eigenvalue weighted by atomic mass is 10.1. The molecule has 0 atom stereocenters. The second kappa shape index (κ2) is 6.21. The summed E-state index contributed by atoms with van der Waals surface area (Å²) in [4.78, 5) is 10.3. The van der Waals surface area contributed by atoms with Crippen molar-refractivity contribution in [3.63, 3.8) is 0 Å². The number of allylic oxidation sites excluding steroid dienone is 2. The van der Waals surface area contributed by atoms with Crippen LogP contribution >= 0.6 is 0 Å². The van der Waals surface area contributed by atoms with Crippen molar-refractivity contribution in [2.24, 2.45) is 5.73 Å². The number of hydrogen-bond acceptors (Lipinski definition) is 2. The van der Waals surface area contributed by atoms with Crippen molar-refractivity contribution in [3.05, 3.63) is 23.8 Å². The highest BCUT2D eigenvalue weighted by molar-refractivity contribution is 5.71. The van der Waals surface area contributed by atoms with Gasteiger partial charge in [0.05, 0.1) is 13.2 Å². The molecule has 3 N–H and O–H groups in total. The van der Waals surface area contributed by atoms with Crippen LogP contribution in [0, 0.1) is 0 Å². The number of primary amides is 1. The van der Waals surface area contributed by atoms with Crippen LogP contribution in [0.25, 0.3) is 0 Å². The molecule has 2 amide bonds. The number of nitrogens with one attached hydrogen (secondary N) is 1. The molecule has 0 aromatic carbocycles. The first-order valence-electron chi connectivity index (χ1n) is 4.75. The molecule has 0 heterocycles. The Kier molecular flexibility index (Phi) is 4.78. The first-order valence-corrected chi connectivity index (χ1v) is 4.75. The number of amides is 2. The number of urea groups is 1. The van der Waals surface area contributed by atoms with Crippen molar-refractivity contribution < 1.29 is 9.53 Å². The molecular weight excluding hydrogens is 180 g/mol. The quantitative estimate of drug-likeness (QED) is 0.643. The molecule has 0 saturated heterocycles. The molecule has 0 aliphatic heterocycles. The van der Waals surface area contributed by atoms with E-state index in [0.29, 0.717) is 19.8 Å². The number of rotatable bonds is 5. The second-order valence-corrected chi connectivity index (χ2v) is 3.10. The van der Waals surface area contributed by atoms with Gasteiger partial charge in [-0.05, 0) is 18.4 Å². The fraction of sp³-hybridized carbons (Fsp3) is 0.500. The lowest BCUT2D eigenvalue weighted by Crippen LogP contribution is -2.32. The van der Waals surface area contributed by atoms with Gasteiger partial charge < -0.3 is 15.8 Å². The van der Waals surface area contributed by atoms with Gasteiger partial charge in [-0.3, -0.25) is 0 Å². The topological polar surface area (TPSA) is 64.4 Å². The molecule has 0 aromatic heterocycles. The third-order valence-electron chi connectivity index (χ3n) is 1.89. The molecule has 14 heavy (non-hydrogen) atoms. The van der Waals surface area contributed by atoms with Crippen LogP contribution in [0.15, 0.2) is 23.8 Å². The van der Waals surface area contributed by atoms with Crippen LogP contribution < -0.4 is 11.1 Å². The first kappa shape index (κ1) is 10.8. The minimum Gasteiger partial charge on any atom is -0.375 e. The van der Waals surface area contributed by atoms with E-state index in [1.807, 2.05) is 0 Å². The van der Waals surface area contributed by atoms with Crippen molar-refractivity contribution in [2.45, 2.75) is 12.8 Å². The summed E-state index contributed by atoms with van der Waals surface area (Å²) in [5, 5.41) is 2.46. The van der Waals surface area contributed by atoms with Gasteiger partial charge in [0, 0.05) is 6.54 Å². The number of ether oxygens (including phenoxy) is 1. The van der Waals surface area contributed by atoms with Gasteiger partial charge in [-0.25, -0.2) is 4.79 Å². The minimum absolute atomic E-state index is 0.465. The second-order valence-electron chi connectivity index (χ2n) is 3.10. The maximum Gasteiger partial charge on any atom is 0.312 e. The van der Waals surface area contributed by atoms with Crippen molar-refractivity contribution in [2.75, 3.05) is 19.8 Å². The largest absolute Gasteiger partial charge is 0.375 e. The maximum absolute atomic E-state index is 10.3. The van der Waals surface area contributed by atoms with E-state index in [1.165, 1.54) is 5.57 Å². The molecule has 4 heteroatoms. The van der Waals surface area contributed by atoms with Crippen LogP contribution in [0.2, 0.25) is 0 Å². The molecule has 0 unspecified atom stereocenters. The highest BCUT2D eigenvalue weighted by Crippen LogP contribution is 2.09. The normalized spacial score (nSPS) is 15.0. The standard InChI is InChI=1S/C10H16N2O2/c11-10(13)12-6-7-14-8-9-4-2-1-3-5-9/h2,4-5H,1,3,6-8H2,(H3,11,12,13). The average Bonchev–Trinajstić information content (AvgIpc) is 2.18. The summed E-state index contributed by atoms with van der Waals surface area (Å²) in [5.41, 5.74) is 6.09. The van der Waals surface area contributed by atoms with Gasteiger partial charge in [0.2, 0.25) is 0 Å². The Labute approximate surface area is 83.8 Å². The fourth-order valence-electron chi connectivity index (χ4n) is 1.21. The van der Waals surface area contributed by atoms with Crippen LogP contribution in [0.3, 0.4) is 0 Å². The van der Waals surface area contributed by atoms with Crippen molar-refractivity contribution >= 4 is 6.03 Å². The Morgan fingerprint density at radius 2 is 2.43 bits per heavy atom. The van der Waals surface area contributed by atoms with Gasteiger partial charge in [0.1, 0.15) is 0 Å². The van der Waals surface area contributed by atoms with E-state index >= 15 is 0 Å². The molecule has 1 aliphatic carbocycles. The molecule has 1 aliphatic rings. The summed E-state index contributed by atoms with van der Waals surface area (Å²) in [6.45, 7) is 1.57. The van der Waals surface area contributed by atoms with E-state index < -0.39 is 6.03 Å². The Morgan fingerprint density at radius 3 is 3.07 bits per heavy atom. The molecule has 0 bridgehead atoms. The SMILES string of the molecule is NC(=O)NCCOCC1=CCCC=C1. The van der Waals surface area contributed by atoms with E-state index in [4.69, 9.17) is 10.5 Å². The van der Waals surface area contributed by atoms with Gasteiger partial charge in [-0.15, -0.1) is 0 Å². The number of hydrogen-bond donors (Lipinski definition) is 2. The van der Waals surface area contributed by atoms with E-state index in [2.05, 4.69) is 23.5 Å². The first-order chi connectivity index (χ1) is 6.79. The Bertz CT molecular complexity index is 247. The molecule has 0 spiro atoms. The molecule has 0 radical (unpaired) electrons. The van der Waals surface area contributed by atoms with Gasteiger partial charge in [-0.2, -0.15) is 0 Å². The zero-order chi connectivity index (χ0) is 10.2. The summed E-state index contributed by atoms with van der Waals surface area (Å²) in [6, 6.07) is -0.509. The molecule has 1 rings (SSSR count). The molecule has 0 saturated carbocycles. The van der Waals surface area contributed by atoms with Crippen LogP contribution in [-0.4, -0.2) is 25.8 Å². The third kappa shape index (κ3) is 4.67. The van der Waals surface area contributed by atoms with Gasteiger partial charge in [0.25, 0.3) is 0 Å². The van der Waals surface area contributed by atoms with E-state index in [0.717, 1.165) is 12.8 Å². The van der Waals surface area contributed by atoms with Crippen LogP contribution in [-0.2, 0) is 4.74 Å². The number of nitrogens with two attached hydrogens (primary N) is 1. The zero-order valence-corrected chi connectivity index (χ0v) is 8.16. The predicted octanol–water partition coefficient (Wildman–Crippen LogP) is 0.948. The summed E-state index contributed by atoms with van der Waals surface area (Å²) in [6.07, 6.45) is 8.59. The van der Waals surface area contributed by atoms with Gasteiger partial charge >= 0.3 is 6.03 Å². The minimum atomic E-state index is -0.509. The highest BCUT2D eigenvalue weighted by Gasteiger charge is 1.97. The number of carbonyl (C=O) groups excluding carboxylic acids is 1. The monoisotopic (exact) mass is 196 g/mol. The van der Waals surface area contributed by atoms with Crippen molar-refractivity contribution in [3.8, 4) is 0 Å². The lowest BCUT2D eigenvalue weighted by molar-refractivity contribution is 0.159. The van der Waals surface area contributed by atoms with Crippen molar-refractivity contribution in [1.29, 1.82) is 0 Å². The summed E-state index contributed by atoms with van der Waals surface area (Å²) in [5.74, 6) is 0. The molecular formula is C10H16N2O2. The Hall–Kier alpha value is -1.29. The Morgan fingerprint density at radius 1 is 1.57 bits per heavy atom. The zero-order valence-electron chi connectivity index (χ0n) is 8.16. The van der Waals surface area contributed by atoms with E-state index in [1.54, 1.807) is 0 Å². The summed E-state index contributed by atoms with van der Waals surface area (Å²) >= 11 is 0. The summed E-state index contributed by atoms with van der Waals surface area (Å²) < 4.78 is 5.33. The molecule has 0 fully saturated rings. The van der Waals surface area contributed by atoms with Gasteiger partial charge in [0.15, 0.2) is 0 Å². The van der Waals surface area contributed by atoms with Gasteiger partial charge in [-0.1, -0.05) is 18.2 Å². The summed E-state index contributed by atoms with van der Waals surface area (Å²) in [7, 11) is 0. The highest BCUT2D eigenvalue weighted by atomic mass is 16.5. The maximum atomic E-state index is 10.3. The smallest absolute Gasteiger partial charge is 0.312 e. The molecule has 0 aromatic rings. The van der Waals surface area contributed by atoms with Crippen LogP contribution in [0.4, 0.5) is 4.79 Å². The molecule has 78 valence electrons.